The number of unbranched alkanes of at least 4 members (excludes halogenated alkanes) is 2. The fourth-order valence-electron chi connectivity index (χ4n) is 4.28. The van der Waals surface area contributed by atoms with Gasteiger partial charge in [0.2, 0.25) is 0 Å². The first-order chi connectivity index (χ1) is 16.2. The van der Waals surface area contributed by atoms with Crippen LogP contribution in [-0.2, 0) is 12.8 Å². The molecule has 2 N–H and O–H groups in total. The Hall–Kier alpha value is -3.01. The van der Waals surface area contributed by atoms with E-state index in [2.05, 4.69) is 46.9 Å². The zero-order valence-corrected chi connectivity index (χ0v) is 21.4. The number of carbonyl (C=O) groups excluding carboxylic acids is 1. The number of hydrogen-bond acceptors (Lipinski definition) is 3. The lowest BCUT2D eigenvalue weighted by Crippen LogP contribution is -2.30. The first-order valence-electron chi connectivity index (χ1n) is 12.3. The molecule has 34 heavy (non-hydrogen) atoms. The molecule has 1 aliphatic heterocycles. The number of amides is 1. The zero-order valence-electron chi connectivity index (χ0n) is 21.4. The van der Waals surface area contributed by atoms with Crippen molar-refractivity contribution in [1.29, 1.82) is 0 Å². The second kappa shape index (κ2) is 13.0. The van der Waals surface area contributed by atoms with Gasteiger partial charge in [-0.25, -0.2) is 0 Å². The van der Waals surface area contributed by atoms with E-state index in [1.54, 1.807) is 23.1 Å². The van der Waals surface area contributed by atoms with Crippen LogP contribution in [0.1, 0.15) is 81.3 Å². The lowest BCUT2D eigenvalue weighted by atomic mass is 9.94. The van der Waals surface area contributed by atoms with E-state index in [1.807, 2.05) is 6.08 Å². The van der Waals surface area contributed by atoms with E-state index >= 15 is 0 Å². The maximum absolute atomic E-state index is 13.6. The van der Waals surface area contributed by atoms with Crippen molar-refractivity contribution in [3.63, 3.8) is 0 Å². The molecular weight excluding hydrogens is 422 g/mol. The molecule has 4 heteroatoms. The highest BCUT2D eigenvalue weighted by Gasteiger charge is 2.29. The molecule has 0 atom stereocenters. The molecule has 1 amide bonds. The van der Waals surface area contributed by atoms with Crippen LogP contribution < -0.4 is 0 Å². The number of aryl methyl sites for hydroxylation is 1. The van der Waals surface area contributed by atoms with Crippen LogP contribution in [0.3, 0.4) is 0 Å². The minimum atomic E-state index is -0.217. The number of phenolic OH excluding ortho intramolecular Hbond substituents is 2. The molecular formula is C30H41NO3. The molecule has 0 fully saturated rings. The van der Waals surface area contributed by atoms with Gasteiger partial charge in [0, 0.05) is 18.7 Å². The van der Waals surface area contributed by atoms with Crippen LogP contribution in [0.15, 0.2) is 65.8 Å². The summed E-state index contributed by atoms with van der Waals surface area (Å²) in [5, 5.41) is 22.0. The lowest BCUT2D eigenvalue weighted by Gasteiger charge is -2.21. The van der Waals surface area contributed by atoms with Crippen molar-refractivity contribution in [2.24, 2.45) is 0 Å². The minimum absolute atomic E-state index is 0.0482. The summed E-state index contributed by atoms with van der Waals surface area (Å²) in [7, 11) is 0. The number of carbonyl (C=O) groups is 1. The number of aromatic hydroxyl groups is 2. The molecule has 2 rings (SSSR count). The molecule has 0 radical (unpaired) electrons. The molecule has 0 spiro atoms. The van der Waals surface area contributed by atoms with E-state index in [0.717, 1.165) is 43.3 Å². The summed E-state index contributed by atoms with van der Waals surface area (Å²) in [6, 6.07) is 1.68. The summed E-state index contributed by atoms with van der Waals surface area (Å²) in [6.45, 7) is 16.9. The Labute approximate surface area is 205 Å². The molecule has 0 bridgehead atoms. The van der Waals surface area contributed by atoms with E-state index in [9.17, 15) is 15.0 Å². The van der Waals surface area contributed by atoms with Gasteiger partial charge < -0.3 is 15.1 Å². The summed E-state index contributed by atoms with van der Waals surface area (Å²) in [4.78, 5) is 15.3. The van der Waals surface area contributed by atoms with Crippen molar-refractivity contribution in [3.8, 4) is 11.5 Å². The quantitative estimate of drug-likeness (QED) is 0.255. The van der Waals surface area contributed by atoms with Crippen molar-refractivity contribution in [2.75, 3.05) is 13.1 Å². The number of benzene rings is 1. The Bertz CT molecular complexity index is 986. The maximum Gasteiger partial charge on any atom is 0.258 e. The Morgan fingerprint density at radius 3 is 2.26 bits per heavy atom. The van der Waals surface area contributed by atoms with Crippen LogP contribution in [0.2, 0.25) is 0 Å². The third-order valence-electron chi connectivity index (χ3n) is 6.39. The predicted molar refractivity (Wildman–Crippen MR) is 142 cm³/mol. The molecule has 184 valence electrons. The van der Waals surface area contributed by atoms with Crippen LogP contribution in [0.25, 0.3) is 0 Å². The molecule has 0 saturated heterocycles. The van der Waals surface area contributed by atoms with Crippen molar-refractivity contribution in [2.45, 2.75) is 72.6 Å². The Morgan fingerprint density at radius 2 is 1.71 bits per heavy atom. The zero-order chi connectivity index (χ0) is 25.3. The molecule has 0 saturated carbocycles. The summed E-state index contributed by atoms with van der Waals surface area (Å²) in [5.41, 5.74) is 5.85. The average Bonchev–Trinajstić information content (AvgIpc) is 3.22. The van der Waals surface area contributed by atoms with E-state index in [1.165, 1.54) is 11.1 Å². The van der Waals surface area contributed by atoms with E-state index in [4.69, 9.17) is 0 Å². The largest absolute Gasteiger partial charge is 0.508 e. The fraction of sp³-hybridized carbons (Fsp3) is 0.433. The van der Waals surface area contributed by atoms with Gasteiger partial charge in [-0.05, 0) is 75.7 Å². The predicted octanol–water partition coefficient (Wildman–Crippen LogP) is 7.19. The van der Waals surface area contributed by atoms with Gasteiger partial charge in [0.1, 0.15) is 11.5 Å². The Morgan fingerprint density at radius 1 is 1.06 bits per heavy atom. The standard InChI is InChI=1S/C30H41NO3/c1-7-10-11-15-25-18-27(32)26(17-16-22(6)14-12-13-21(4)5)29(33)28(25)30(34)31-19-23(8-2)24(9-3)20-31/h8-9,13,16,18,32-33H,2-3,7,10-12,14-15,17,19-20H2,1,4-6H3/b22-16+. The summed E-state index contributed by atoms with van der Waals surface area (Å²) in [5.74, 6) is -0.269. The van der Waals surface area contributed by atoms with Gasteiger partial charge in [-0.3, -0.25) is 4.79 Å². The SMILES string of the molecule is C=CC1=C(C=C)CN(C(=O)c2c(CCCCC)cc(O)c(C/C=C(\C)CCC=C(C)C)c2O)C1. The second-order valence-electron chi connectivity index (χ2n) is 9.41. The third-order valence-corrected chi connectivity index (χ3v) is 6.39. The number of phenols is 2. The molecule has 4 nitrogen and oxygen atoms in total. The van der Waals surface area contributed by atoms with Gasteiger partial charge in [0.15, 0.2) is 0 Å². The number of rotatable bonds is 12. The minimum Gasteiger partial charge on any atom is -0.508 e. The van der Waals surface area contributed by atoms with E-state index in [-0.39, 0.29) is 17.4 Å². The van der Waals surface area contributed by atoms with Crippen molar-refractivity contribution in [3.05, 3.63) is 82.5 Å². The third kappa shape index (κ3) is 6.99. The lowest BCUT2D eigenvalue weighted by molar-refractivity contribution is 0.0792. The number of nitrogens with zero attached hydrogens (tertiary/aromatic N) is 1. The van der Waals surface area contributed by atoms with Crippen molar-refractivity contribution >= 4 is 5.91 Å². The van der Waals surface area contributed by atoms with Crippen LogP contribution in [0, 0.1) is 0 Å². The number of hydrogen-bond donors (Lipinski definition) is 2. The van der Waals surface area contributed by atoms with E-state index < -0.39 is 0 Å². The topological polar surface area (TPSA) is 60.8 Å². The smallest absolute Gasteiger partial charge is 0.258 e. The fourth-order valence-corrected chi connectivity index (χ4v) is 4.28. The van der Waals surface area contributed by atoms with Gasteiger partial charge in [0.05, 0.1) is 5.56 Å². The molecule has 0 aliphatic carbocycles. The molecule has 0 aromatic heterocycles. The number of allylic oxidation sites excluding steroid dienone is 4. The normalized spacial score (nSPS) is 13.9. The highest BCUT2D eigenvalue weighted by atomic mass is 16.3. The van der Waals surface area contributed by atoms with Gasteiger partial charge in [0.25, 0.3) is 5.91 Å². The van der Waals surface area contributed by atoms with Gasteiger partial charge in [-0.15, -0.1) is 0 Å². The highest BCUT2D eigenvalue weighted by molar-refractivity contribution is 6.00. The molecule has 1 heterocycles. The maximum atomic E-state index is 13.6. The summed E-state index contributed by atoms with van der Waals surface area (Å²) in [6.07, 6.45) is 13.6. The monoisotopic (exact) mass is 463 g/mol. The molecule has 1 aliphatic rings. The van der Waals surface area contributed by atoms with Crippen LogP contribution in [0.5, 0.6) is 11.5 Å². The first kappa shape index (κ1) is 27.2. The van der Waals surface area contributed by atoms with E-state index in [0.29, 0.717) is 42.6 Å². The molecule has 1 aromatic rings. The van der Waals surface area contributed by atoms with Crippen molar-refractivity contribution in [1.82, 2.24) is 4.90 Å². The van der Waals surface area contributed by atoms with Crippen LogP contribution in [0.4, 0.5) is 0 Å². The van der Waals surface area contributed by atoms with Gasteiger partial charge in [-0.2, -0.15) is 0 Å². The summed E-state index contributed by atoms with van der Waals surface area (Å²) >= 11 is 0. The van der Waals surface area contributed by atoms with Gasteiger partial charge >= 0.3 is 0 Å². The second-order valence-corrected chi connectivity index (χ2v) is 9.41. The summed E-state index contributed by atoms with van der Waals surface area (Å²) < 4.78 is 0. The Balaban J connectivity index is 2.38. The molecule has 0 unspecified atom stereocenters. The average molecular weight is 464 g/mol. The Kier molecular flexibility index (Phi) is 10.4. The van der Waals surface area contributed by atoms with Crippen molar-refractivity contribution < 1.29 is 15.0 Å². The highest BCUT2D eigenvalue weighted by Crippen LogP contribution is 2.37. The first-order valence-corrected chi connectivity index (χ1v) is 12.3. The van der Waals surface area contributed by atoms with Gasteiger partial charge in [-0.1, -0.05) is 68.4 Å². The van der Waals surface area contributed by atoms with Crippen LogP contribution in [-0.4, -0.2) is 34.1 Å². The van der Waals surface area contributed by atoms with Crippen LogP contribution >= 0.6 is 0 Å². The molecule has 1 aromatic carbocycles.